The SMILES string of the molecule is CSCc1nn(-c2ccccc2[N+](=O)[O-])c2c1CCN2. The highest BCUT2D eigenvalue weighted by Gasteiger charge is 2.25. The van der Waals surface area contributed by atoms with Crippen LogP contribution in [0, 0.1) is 10.1 Å². The third-order valence-electron chi connectivity index (χ3n) is 3.32. The summed E-state index contributed by atoms with van der Waals surface area (Å²) >= 11 is 1.70. The Kier molecular flexibility index (Phi) is 3.35. The molecule has 1 N–H and O–H groups in total. The molecule has 104 valence electrons. The predicted molar refractivity (Wildman–Crippen MR) is 79.6 cm³/mol. The molecule has 0 radical (unpaired) electrons. The highest BCUT2D eigenvalue weighted by Crippen LogP contribution is 2.33. The predicted octanol–water partition coefficient (Wildman–Crippen LogP) is 2.61. The van der Waals surface area contributed by atoms with Crippen molar-refractivity contribution in [2.45, 2.75) is 12.2 Å². The Labute approximate surface area is 120 Å². The first kappa shape index (κ1) is 13.0. The Balaban J connectivity index is 2.16. The monoisotopic (exact) mass is 290 g/mol. The van der Waals surface area contributed by atoms with Gasteiger partial charge in [-0.3, -0.25) is 10.1 Å². The molecule has 6 nitrogen and oxygen atoms in total. The molecule has 0 aliphatic carbocycles. The number of thioether (sulfide) groups is 1. The van der Waals surface area contributed by atoms with Crippen molar-refractivity contribution in [1.29, 1.82) is 0 Å². The van der Waals surface area contributed by atoms with E-state index in [4.69, 9.17) is 0 Å². The number of rotatable bonds is 4. The van der Waals surface area contributed by atoms with Gasteiger partial charge in [-0.1, -0.05) is 12.1 Å². The van der Waals surface area contributed by atoms with Crippen molar-refractivity contribution in [3.8, 4) is 5.69 Å². The molecule has 0 saturated heterocycles. The second kappa shape index (κ2) is 5.16. The number of nitrogens with one attached hydrogen (secondary N) is 1. The van der Waals surface area contributed by atoms with Gasteiger partial charge in [0.2, 0.25) is 0 Å². The third kappa shape index (κ3) is 2.03. The Bertz CT molecular complexity index is 668. The first-order chi connectivity index (χ1) is 9.72. The number of anilines is 1. The molecule has 2 heterocycles. The highest BCUT2D eigenvalue weighted by molar-refractivity contribution is 7.97. The molecular weight excluding hydrogens is 276 g/mol. The number of nitro benzene ring substituents is 1. The fourth-order valence-corrected chi connectivity index (χ4v) is 2.98. The maximum atomic E-state index is 11.2. The Morgan fingerprint density at radius 1 is 1.50 bits per heavy atom. The zero-order chi connectivity index (χ0) is 14.1. The third-order valence-corrected chi connectivity index (χ3v) is 3.88. The fraction of sp³-hybridized carbons (Fsp3) is 0.308. The molecule has 2 aromatic rings. The number of aromatic nitrogens is 2. The van der Waals surface area contributed by atoms with Gasteiger partial charge in [0.1, 0.15) is 11.5 Å². The number of hydrogen-bond donors (Lipinski definition) is 1. The summed E-state index contributed by atoms with van der Waals surface area (Å²) in [5, 5.41) is 19.0. The Morgan fingerprint density at radius 2 is 2.30 bits per heavy atom. The molecule has 20 heavy (non-hydrogen) atoms. The van der Waals surface area contributed by atoms with Gasteiger partial charge in [-0.2, -0.15) is 16.9 Å². The van der Waals surface area contributed by atoms with Crippen LogP contribution in [0.25, 0.3) is 5.69 Å². The maximum absolute atomic E-state index is 11.2. The summed E-state index contributed by atoms with van der Waals surface area (Å²) in [6.45, 7) is 0.856. The molecule has 0 bridgehead atoms. The molecule has 1 aliphatic heterocycles. The minimum atomic E-state index is -0.368. The van der Waals surface area contributed by atoms with E-state index in [2.05, 4.69) is 10.4 Å². The lowest BCUT2D eigenvalue weighted by molar-refractivity contribution is -0.384. The van der Waals surface area contributed by atoms with Crippen LogP contribution in [-0.2, 0) is 12.2 Å². The lowest BCUT2D eigenvalue weighted by Gasteiger charge is -2.06. The minimum absolute atomic E-state index is 0.0715. The number of nitrogens with zero attached hydrogens (tertiary/aromatic N) is 3. The van der Waals surface area contributed by atoms with E-state index < -0.39 is 0 Å². The van der Waals surface area contributed by atoms with E-state index in [1.807, 2.05) is 6.26 Å². The van der Waals surface area contributed by atoms with Crippen LogP contribution in [0.5, 0.6) is 0 Å². The molecule has 7 heteroatoms. The largest absolute Gasteiger partial charge is 0.369 e. The van der Waals surface area contributed by atoms with E-state index in [0.717, 1.165) is 30.2 Å². The van der Waals surface area contributed by atoms with Crippen molar-refractivity contribution in [3.05, 3.63) is 45.6 Å². The molecule has 3 rings (SSSR count). The molecule has 1 aliphatic rings. The van der Waals surface area contributed by atoms with Crippen LogP contribution < -0.4 is 5.32 Å². The molecule has 0 fully saturated rings. The number of para-hydroxylation sites is 2. The van der Waals surface area contributed by atoms with Crippen molar-refractivity contribution in [2.75, 3.05) is 18.1 Å². The van der Waals surface area contributed by atoms with Crippen LogP contribution in [0.3, 0.4) is 0 Å². The van der Waals surface area contributed by atoms with Crippen molar-refractivity contribution in [3.63, 3.8) is 0 Å². The second-order valence-electron chi connectivity index (χ2n) is 4.54. The summed E-state index contributed by atoms with van der Waals surface area (Å²) in [7, 11) is 0. The summed E-state index contributed by atoms with van der Waals surface area (Å²) in [6.07, 6.45) is 2.95. The van der Waals surface area contributed by atoms with Gasteiger partial charge >= 0.3 is 0 Å². The van der Waals surface area contributed by atoms with Crippen molar-refractivity contribution in [2.24, 2.45) is 0 Å². The number of hydrogen-bond acceptors (Lipinski definition) is 5. The standard InChI is InChI=1S/C13H14N4O2S/c1-20-8-10-9-6-7-14-13(9)16(15-10)11-4-2-3-5-12(11)17(18)19/h2-5,14H,6-8H2,1H3. The molecule has 0 unspecified atom stereocenters. The van der Waals surface area contributed by atoms with E-state index >= 15 is 0 Å². The molecule has 1 aromatic heterocycles. The van der Waals surface area contributed by atoms with Crippen molar-refractivity contribution >= 4 is 23.3 Å². The Hall–Kier alpha value is -2.02. The van der Waals surface area contributed by atoms with E-state index in [9.17, 15) is 10.1 Å². The normalized spacial score (nSPS) is 13.1. The number of benzene rings is 1. The minimum Gasteiger partial charge on any atom is -0.369 e. The van der Waals surface area contributed by atoms with Crippen LogP contribution in [0.2, 0.25) is 0 Å². The van der Waals surface area contributed by atoms with Gasteiger partial charge in [0.25, 0.3) is 5.69 Å². The van der Waals surface area contributed by atoms with Gasteiger partial charge in [0.15, 0.2) is 0 Å². The van der Waals surface area contributed by atoms with Gasteiger partial charge in [-0.05, 0) is 18.7 Å². The maximum Gasteiger partial charge on any atom is 0.294 e. The average Bonchev–Trinajstić information content (AvgIpc) is 3.03. The lowest BCUT2D eigenvalue weighted by Crippen LogP contribution is -2.07. The van der Waals surface area contributed by atoms with Crippen LogP contribution in [-0.4, -0.2) is 27.5 Å². The van der Waals surface area contributed by atoms with Gasteiger partial charge in [-0.15, -0.1) is 0 Å². The zero-order valence-corrected chi connectivity index (χ0v) is 11.8. The van der Waals surface area contributed by atoms with Gasteiger partial charge in [0, 0.05) is 23.9 Å². The molecule has 0 atom stereocenters. The summed E-state index contributed by atoms with van der Waals surface area (Å²) in [5.74, 6) is 1.71. The highest BCUT2D eigenvalue weighted by atomic mass is 32.2. The van der Waals surface area contributed by atoms with Crippen LogP contribution in [0.15, 0.2) is 24.3 Å². The van der Waals surface area contributed by atoms with E-state index in [-0.39, 0.29) is 10.6 Å². The summed E-state index contributed by atoms with van der Waals surface area (Å²) in [5.41, 5.74) is 2.77. The summed E-state index contributed by atoms with van der Waals surface area (Å²) in [6, 6.07) is 6.70. The topological polar surface area (TPSA) is 73.0 Å². The van der Waals surface area contributed by atoms with E-state index in [0.29, 0.717) is 5.69 Å². The second-order valence-corrected chi connectivity index (χ2v) is 5.41. The quantitative estimate of drug-likeness (QED) is 0.692. The molecule has 0 saturated carbocycles. The molecule has 0 spiro atoms. The average molecular weight is 290 g/mol. The molecule has 1 aromatic carbocycles. The molecule has 0 amide bonds. The lowest BCUT2D eigenvalue weighted by atomic mass is 10.2. The van der Waals surface area contributed by atoms with Gasteiger partial charge in [-0.25, -0.2) is 4.68 Å². The number of nitro groups is 1. The number of fused-ring (bicyclic) bond motifs is 1. The van der Waals surface area contributed by atoms with Gasteiger partial charge < -0.3 is 5.32 Å². The van der Waals surface area contributed by atoms with Crippen LogP contribution in [0.1, 0.15) is 11.3 Å². The molecular formula is C13H14N4O2S. The van der Waals surface area contributed by atoms with Crippen LogP contribution >= 0.6 is 11.8 Å². The Morgan fingerprint density at radius 3 is 3.05 bits per heavy atom. The first-order valence-corrected chi connectivity index (χ1v) is 7.69. The zero-order valence-electron chi connectivity index (χ0n) is 11.0. The van der Waals surface area contributed by atoms with E-state index in [1.165, 1.54) is 11.6 Å². The van der Waals surface area contributed by atoms with Gasteiger partial charge in [0.05, 0.1) is 10.6 Å². The fourth-order valence-electron chi connectivity index (χ4n) is 2.47. The van der Waals surface area contributed by atoms with Crippen LogP contribution in [0.4, 0.5) is 11.5 Å². The summed E-state index contributed by atoms with van der Waals surface area (Å²) in [4.78, 5) is 10.8. The summed E-state index contributed by atoms with van der Waals surface area (Å²) < 4.78 is 1.67. The van der Waals surface area contributed by atoms with E-state index in [1.54, 1.807) is 34.6 Å². The van der Waals surface area contributed by atoms with Crippen molar-refractivity contribution < 1.29 is 4.92 Å². The first-order valence-electron chi connectivity index (χ1n) is 6.29. The smallest absolute Gasteiger partial charge is 0.294 e. The van der Waals surface area contributed by atoms with Crippen molar-refractivity contribution in [1.82, 2.24) is 9.78 Å².